The molecular formula is C18H20ClN3O3S. The van der Waals surface area contributed by atoms with Gasteiger partial charge < -0.3 is 15.3 Å². The van der Waals surface area contributed by atoms with E-state index in [1.807, 2.05) is 38.1 Å². The summed E-state index contributed by atoms with van der Waals surface area (Å²) in [6.45, 7) is 4.59. The Hall–Kier alpha value is -2.12. The van der Waals surface area contributed by atoms with Crippen LogP contribution in [0.1, 0.15) is 29.3 Å². The van der Waals surface area contributed by atoms with Gasteiger partial charge in [0, 0.05) is 28.6 Å². The number of urea groups is 1. The van der Waals surface area contributed by atoms with Crippen molar-refractivity contribution in [3.8, 4) is 11.3 Å². The van der Waals surface area contributed by atoms with Crippen LogP contribution in [0.25, 0.3) is 11.3 Å². The van der Waals surface area contributed by atoms with Crippen molar-refractivity contribution in [1.82, 2.24) is 15.2 Å². The summed E-state index contributed by atoms with van der Waals surface area (Å²) in [7, 11) is 0. The number of carboxylic acids is 1. The van der Waals surface area contributed by atoms with Crippen LogP contribution in [0.2, 0.25) is 5.02 Å². The average molecular weight is 394 g/mol. The number of hydrogen-bond acceptors (Lipinski definition) is 4. The number of amides is 2. The number of hydrogen-bond donors (Lipinski definition) is 2. The first-order chi connectivity index (χ1) is 12.3. The van der Waals surface area contributed by atoms with E-state index in [1.165, 1.54) is 0 Å². The highest BCUT2D eigenvalue weighted by atomic mass is 35.5. The van der Waals surface area contributed by atoms with Crippen molar-refractivity contribution in [2.75, 3.05) is 13.1 Å². The fourth-order valence-corrected chi connectivity index (χ4v) is 4.03. The first-order valence-corrected chi connectivity index (χ1v) is 9.56. The largest absolute Gasteiger partial charge is 0.481 e. The van der Waals surface area contributed by atoms with Crippen LogP contribution in [0.4, 0.5) is 4.79 Å². The minimum Gasteiger partial charge on any atom is -0.481 e. The molecule has 0 saturated carbocycles. The Morgan fingerprint density at radius 1 is 1.38 bits per heavy atom. The van der Waals surface area contributed by atoms with E-state index in [4.69, 9.17) is 16.7 Å². The maximum absolute atomic E-state index is 12.4. The number of thiazole rings is 1. The molecule has 2 unspecified atom stereocenters. The number of nitrogens with one attached hydrogen (secondary N) is 1. The van der Waals surface area contributed by atoms with Gasteiger partial charge in [-0.2, -0.15) is 0 Å². The molecule has 1 aromatic heterocycles. The summed E-state index contributed by atoms with van der Waals surface area (Å²) in [6.07, 6.45) is 0.494. The Morgan fingerprint density at radius 3 is 2.69 bits per heavy atom. The molecule has 1 aromatic carbocycles. The number of benzene rings is 1. The van der Waals surface area contributed by atoms with Crippen LogP contribution in [-0.4, -0.2) is 40.1 Å². The van der Waals surface area contributed by atoms with Gasteiger partial charge in [0.1, 0.15) is 5.01 Å². The smallest absolute Gasteiger partial charge is 0.317 e. The molecular weight excluding hydrogens is 374 g/mol. The van der Waals surface area contributed by atoms with E-state index in [0.29, 0.717) is 18.0 Å². The van der Waals surface area contributed by atoms with Crippen molar-refractivity contribution in [3.05, 3.63) is 39.2 Å². The number of rotatable bonds is 4. The Bertz CT molecular complexity index is 822. The van der Waals surface area contributed by atoms with Crippen LogP contribution >= 0.6 is 22.9 Å². The second-order valence-corrected chi connectivity index (χ2v) is 8.08. The van der Waals surface area contributed by atoms with Crippen molar-refractivity contribution in [2.24, 2.45) is 5.92 Å². The number of aryl methyl sites for hydroxylation is 1. The van der Waals surface area contributed by atoms with Crippen molar-refractivity contribution in [2.45, 2.75) is 26.3 Å². The van der Waals surface area contributed by atoms with Crippen molar-refractivity contribution < 1.29 is 14.7 Å². The van der Waals surface area contributed by atoms with Gasteiger partial charge in [-0.25, -0.2) is 9.78 Å². The lowest BCUT2D eigenvalue weighted by atomic mass is 10.1. The Balaban J connectivity index is 1.68. The molecule has 1 aliphatic rings. The third-order valence-corrected chi connectivity index (χ3v) is 5.87. The predicted molar refractivity (Wildman–Crippen MR) is 102 cm³/mol. The summed E-state index contributed by atoms with van der Waals surface area (Å²) in [5, 5.41) is 13.5. The lowest BCUT2D eigenvalue weighted by Crippen LogP contribution is -2.40. The molecule has 0 radical (unpaired) electrons. The number of likely N-dealkylation sites (tertiary alicyclic amines) is 1. The van der Waals surface area contributed by atoms with Gasteiger partial charge in [-0.1, -0.05) is 23.7 Å². The molecule has 2 atom stereocenters. The van der Waals surface area contributed by atoms with Gasteiger partial charge >= 0.3 is 12.0 Å². The van der Waals surface area contributed by atoms with Gasteiger partial charge in [0.25, 0.3) is 0 Å². The molecule has 8 heteroatoms. The van der Waals surface area contributed by atoms with Gasteiger partial charge in [0.2, 0.25) is 0 Å². The molecule has 0 spiro atoms. The summed E-state index contributed by atoms with van der Waals surface area (Å²) < 4.78 is 0. The number of carbonyl (C=O) groups excluding carboxylic acids is 1. The summed E-state index contributed by atoms with van der Waals surface area (Å²) >= 11 is 7.48. The molecule has 0 bridgehead atoms. The van der Waals surface area contributed by atoms with Crippen LogP contribution in [0, 0.1) is 12.8 Å². The monoisotopic (exact) mass is 393 g/mol. The fourth-order valence-electron chi connectivity index (χ4n) is 2.96. The first kappa shape index (κ1) is 18.7. The van der Waals surface area contributed by atoms with Crippen LogP contribution in [-0.2, 0) is 4.79 Å². The lowest BCUT2D eigenvalue weighted by molar-refractivity contribution is -0.141. The molecule has 138 valence electrons. The van der Waals surface area contributed by atoms with E-state index in [-0.39, 0.29) is 18.6 Å². The number of halogens is 1. The molecule has 2 amide bonds. The number of aliphatic carboxylic acids is 1. The summed E-state index contributed by atoms with van der Waals surface area (Å²) in [4.78, 5) is 30.7. The molecule has 6 nitrogen and oxygen atoms in total. The molecule has 26 heavy (non-hydrogen) atoms. The second kappa shape index (κ2) is 7.63. The third-order valence-electron chi connectivity index (χ3n) is 4.47. The van der Waals surface area contributed by atoms with Gasteiger partial charge in [0.15, 0.2) is 0 Å². The second-order valence-electron chi connectivity index (χ2n) is 6.40. The minimum atomic E-state index is -0.850. The predicted octanol–water partition coefficient (Wildman–Crippen LogP) is 3.95. The highest BCUT2D eigenvalue weighted by Crippen LogP contribution is 2.31. The SMILES string of the molecule is Cc1sc(C(C)NC(=O)N2CCC(C(=O)O)C2)nc1-c1ccc(Cl)cc1. The van der Waals surface area contributed by atoms with E-state index in [2.05, 4.69) is 10.3 Å². The molecule has 2 aromatic rings. The van der Waals surface area contributed by atoms with Crippen molar-refractivity contribution in [1.29, 1.82) is 0 Å². The standard InChI is InChI=1S/C18H20ClN3O3S/c1-10(20-18(25)22-8-7-13(9-22)17(23)24)16-21-15(11(2)26-16)12-3-5-14(19)6-4-12/h3-6,10,13H,7-9H2,1-2H3,(H,20,25)(H,23,24). The first-order valence-electron chi connectivity index (χ1n) is 8.36. The van der Waals surface area contributed by atoms with E-state index in [0.717, 1.165) is 21.1 Å². The zero-order valence-electron chi connectivity index (χ0n) is 14.5. The number of carboxylic acid groups (broad SMARTS) is 1. The van der Waals surface area contributed by atoms with Crippen LogP contribution in [0.15, 0.2) is 24.3 Å². The molecule has 2 heterocycles. The quantitative estimate of drug-likeness (QED) is 0.823. The van der Waals surface area contributed by atoms with Gasteiger partial charge in [-0.3, -0.25) is 4.79 Å². The van der Waals surface area contributed by atoms with Gasteiger partial charge in [0.05, 0.1) is 17.7 Å². The van der Waals surface area contributed by atoms with E-state index in [9.17, 15) is 9.59 Å². The maximum atomic E-state index is 12.4. The van der Waals surface area contributed by atoms with Crippen LogP contribution in [0.5, 0.6) is 0 Å². The molecule has 3 rings (SSSR count). The molecule has 0 aliphatic carbocycles. The normalized spacial score (nSPS) is 18.0. The number of nitrogens with zero attached hydrogens (tertiary/aromatic N) is 2. The summed E-state index contributed by atoms with van der Waals surface area (Å²) in [5.74, 6) is -1.33. The molecule has 1 saturated heterocycles. The van der Waals surface area contributed by atoms with Crippen LogP contribution < -0.4 is 5.32 Å². The van der Waals surface area contributed by atoms with E-state index in [1.54, 1.807) is 16.2 Å². The average Bonchev–Trinajstić information content (AvgIpc) is 3.23. The topological polar surface area (TPSA) is 82.5 Å². The zero-order chi connectivity index (χ0) is 18.8. The minimum absolute atomic E-state index is 0.248. The maximum Gasteiger partial charge on any atom is 0.317 e. The number of aromatic nitrogens is 1. The van der Waals surface area contributed by atoms with E-state index < -0.39 is 11.9 Å². The zero-order valence-corrected chi connectivity index (χ0v) is 16.1. The highest BCUT2D eigenvalue weighted by molar-refractivity contribution is 7.12. The fraction of sp³-hybridized carbons (Fsp3) is 0.389. The Morgan fingerprint density at radius 2 is 2.08 bits per heavy atom. The molecule has 2 N–H and O–H groups in total. The summed E-state index contributed by atoms with van der Waals surface area (Å²) in [5.41, 5.74) is 1.87. The van der Waals surface area contributed by atoms with Gasteiger partial charge in [-0.15, -0.1) is 11.3 Å². The third kappa shape index (κ3) is 3.99. The lowest BCUT2D eigenvalue weighted by Gasteiger charge is -2.19. The molecule has 1 aliphatic heterocycles. The number of carbonyl (C=O) groups is 2. The van der Waals surface area contributed by atoms with Crippen LogP contribution in [0.3, 0.4) is 0 Å². The highest BCUT2D eigenvalue weighted by Gasteiger charge is 2.31. The molecule has 1 fully saturated rings. The van der Waals surface area contributed by atoms with Gasteiger partial charge in [-0.05, 0) is 32.4 Å². The van der Waals surface area contributed by atoms with E-state index >= 15 is 0 Å². The Labute approximate surface area is 160 Å². The summed E-state index contributed by atoms with van der Waals surface area (Å²) in [6, 6.07) is 7.00. The Kier molecular flexibility index (Phi) is 5.48. The van der Waals surface area contributed by atoms with Crippen molar-refractivity contribution in [3.63, 3.8) is 0 Å². The van der Waals surface area contributed by atoms with Crippen molar-refractivity contribution >= 4 is 34.9 Å².